The van der Waals surface area contributed by atoms with Crippen molar-refractivity contribution in [3.8, 4) is 0 Å². The van der Waals surface area contributed by atoms with Gasteiger partial charge in [0.25, 0.3) is 0 Å². The first-order chi connectivity index (χ1) is 7.61. The predicted molar refractivity (Wildman–Crippen MR) is 71.9 cm³/mol. The van der Waals surface area contributed by atoms with Gasteiger partial charge in [-0.25, -0.2) is 0 Å². The third-order valence-corrected chi connectivity index (χ3v) is 3.55. The molecule has 2 nitrogen and oxygen atoms in total. The third-order valence-electron chi connectivity index (χ3n) is 3.18. The van der Waals surface area contributed by atoms with E-state index in [9.17, 15) is 0 Å². The summed E-state index contributed by atoms with van der Waals surface area (Å²) >= 11 is 5.69. The molecule has 1 fully saturated rings. The van der Waals surface area contributed by atoms with Crippen molar-refractivity contribution in [3.05, 3.63) is 11.1 Å². The lowest BCUT2D eigenvalue weighted by Crippen LogP contribution is -2.39. The molecule has 0 saturated carbocycles. The van der Waals surface area contributed by atoms with Gasteiger partial charge >= 0.3 is 0 Å². The van der Waals surface area contributed by atoms with E-state index in [1.807, 2.05) is 0 Å². The summed E-state index contributed by atoms with van der Waals surface area (Å²) in [5.41, 5.74) is 2.97. The zero-order valence-electron chi connectivity index (χ0n) is 10.8. The summed E-state index contributed by atoms with van der Waals surface area (Å²) in [6, 6.07) is 0.611. The third kappa shape index (κ3) is 5.33. The smallest absolute Gasteiger partial charge is 0.0201 e. The van der Waals surface area contributed by atoms with E-state index >= 15 is 0 Å². The Labute approximate surface area is 105 Å². The Balaban J connectivity index is 2.18. The van der Waals surface area contributed by atoms with Crippen LogP contribution in [0.3, 0.4) is 0 Å². The lowest BCUT2D eigenvalue weighted by molar-refractivity contribution is 0.193. The number of likely N-dealkylation sites (tertiary alicyclic amines) is 1. The van der Waals surface area contributed by atoms with Crippen molar-refractivity contribution in [2.45, 2.75) is 39.7 Å². The van der Waals surface area contributed by atoms with Crippen LogP contribution in [0.25, 0.3) is 0 Å². The van der Waals surface area contributed by atoms with Crippen LogP contribution in [0.4, 0.5) is 0 Å². The Morgan fingerprint density at radius 1 is 1.44 bits per heavy atom. The number of hydrogen-bond acceptors (Lipinski definition) is 2. The van der Waals surface area contributed by atoms with Crippen molar-refractivity contribution in [2.24, 2.45) is 5.92 Å². The van der Waals surface area contributed by atoms with Gasteiger partial charge in [0.05, 0.1) is 0 Å². The van der Waals surface area contributed by atoms with Crippen LogP contribution in [0.5, 0.6) is 0 Å². The van der Waals surface area contributed by atoms with Gasteiger partial charge in [-0.2, -0.15) is 0 Å². The Bertz CT molecular complexity index is 218. The zero-order chi connectivity index (χ0) is 12.0. The van der Waals surface area contributed by atoms with Crippen LogP contribution < -0.4 is 5.32 Å². The molecular formula is C13H25ClN2. The highest BCUT2D eigenvalue weighted by molar-refractivity contribution is 6.25. The van der Waals surface area contributed by atoms with Crippen LogP contribution in [0.1, 0.15) is 33.6 Å². The van der Waals surface area contributed by atoms with Gasteiger partial charge in [-0.1, -0.05) is 25.4 Å². The van der Waals surface area contributed by atoms with E-state index in [2.05, 4.69) is 31.0 Å². The highest BCUT2D eigenvalue weighted by Gasteiger charge is 2.18. The molecule has 0 unspecified atom stereocenters. The van der Waals surface area contributed by atoms with Gasteiger partial charge in [0.2, 0.25) is 0 Å². The molecule has 16 heavy (non-hydrogen) atoms. The fourth-order valence-electron chi connectivity index (χ4n) is 2.14. The number of nitrogens with zero attached hydrogens (tertiary/aromatic N) is 1. The average Bonchev–Trinajstić information content (AvgIpc) is 2.28. The van der Waals surface area contributed by atoms with E-state index in [1.54, 1.807) is 5.54 Å². The zero-order valence-corrected chi connectivity index (χ0v) is 11.6. The largest absolute Gasteiger partial charge is 0.314 e. The summed E-state index contributed by atoms with van der Waals surface area (Å²) in [5, 5.41) is 3.53. The summed E-state index contributed by atoms with van der Waals surface area (Å²) in [4.78, 5) is 2.50. The molecule has 1 heterocycles. The standard InChI is InChI=1S/C13H25ClN2/c1-11(2)15-9-13-4-6-16(7-5-13)10-12(3)8-14/h8,11,13,15H,4-7,9-10H2,1-3H3. The predicted octanol–water partition coefficient (Wildman–Crippen LogP) is 2.84. The monoisotopic (exact) mass is 244 g/mol. The van der Waals surface area contributed by atoms with Crippen LogP contribution in [-0.2, 0) is 0 Å². The lowest BCUT2D eigenvalue weighted by Gasteiger charge is -2.32. The van der Waals surface area contributed by atoms with Gasteiger partial charge < -0.3 is 5.32 Å². The summed E-state index contributed by atoms with van der Waals surface area (Å²) in [5.74, 6) is 0.860. The molecule has 94 valence electrons. The lowest BCUT2D eigenvalue weighted by atomic mass is 9.96. The number of rotatable bonds is 5. The van der Waals surface area contributed by atoms with Gasteiger partial charge in [0.15, 0.2) is 0 Å². The van der Waals surface area contributed by atoms with Crippen molar-refractivity contribution in [1.82, 2.24) is 10.2 Å². The molecule has 0 atom stereocenters. The van der Waals surface area contributed by atoms with Gasteiger partial charge in [0, 0.05) is 18.1 Å². The summed E-state index contributed by atoms with van der Waals surface area (Å²) < 4.78 is 0. The van der Waals surface area contributed by atoms with Crippen molar-refractivity contribution in [3.63, 3.8) is 0 Å². The molecule has 0 amide bonds. The average molecular weight is 245 g/mol. The second kappa shape index (κ2) is 7.31. The fourth-order valence-corrected chi connectivity index (χ4v) is 2.21. The minimum atomic E-state index is 0.611. The number of nitrogens with one attached hydrogen (secondary N) is 1. The highest BCUT2D eigenvalue weighted by atomic mass is 35.5. The minimum absolute atomic E-state index is 0.611. The number of piperidine rings is 1. The second-order valence-corrected chi connectivity index (χ2v) is 5.46. The van der Waals surface area contributed by atoms with Crippen molar-refractivity contribution < 1.29 is 0 Å². The van der Waals surface area contributed by atoms with Gasteiger partial charge in [-0.15, -0.1) is 0 Å². The number of halogens is 1. The molecule has 0 spiro atoms. The molecule has 0 bridgehead atoms. The summed E-state index contributed by atoms with van der Waals surface area (Å²) in [7, 11) is 0. The molecule has 0 aromatic heterocycles. The number of hydrogen-bond donors (Lipinski definition) is 1. The van der Waals surface area contributed by atoms with Crippen molar-refractivity contribution >= 4 is 11.6 Å². The molecule has 0 radical (unpaired) electrons. The van der Waals surface area contributed by atoms with Crippen LogP contribution in [0, 0.1) is 5.92 Å². The van der Waals surface area contributed by atoms with Crippen LogP contribution in [-0.4, -0.2) is 37.1 Å². The first kappa shape index (κ1) is 14.0. The van der Waals surface area contributed by atoms with Crippen LogP contribution in [0.2, 0.25) is 0 Å². The van der Waals surface area contributed by atoms with E-state index in [0.29, 0.717) is 6.04 Å². The quantitative estimate of drug-likeness (QED) is 0.800. The normalized spacial score (nSPS) is 20.7. The molecule has 1 saturated heterocycles. The topological polar surface area (TPSA) is 15.3 Å². The van der Waals surface area contributed by atoms with E-state index in [1.165, 1.54) is 38.0 Å². The first-order valence-corrected chi connectivity index (χ1v) is 6.77. The Kier molecular flexibility index (Phi) is 6.40. The highest BCUT2D eigenvalue weighted by Crippen LogP contribution is 2.17. The van der Waals surface area contributed by atoms with Crippen molar-refractivity contribution in [1.29, 1.82) is 0 Å². The summed E-state index contributed by atoms with van der Waals surface area (Å²) in [6.45, 7) is 11.2. The van der Waals surface area contributed by atoms with Crippen LogP contribution >= 0.6 is 11.6 Å². The minimum Gasteiger partial charge on any atom is -0.314 e. The Hall–Kier alpha value is -0.0500. The molecule has 0 aromatic rings. The molecule has 1 N–H and O–H groups in total. The van der Waals surface area contributed by atoms with Gasteiger partial charge in [0.1, 0.15) is 0 Å². The SMILES string of the molecule is CC(=CCl)CN1CCC(CNC(C)C)CC1. The molecule has 0 aromatic carbocycles. The maximum atomic E-state index is 5.69. The van der Waals surface area contributed by atoms with Crippen LogP contribution in [0.15, 0.2) is 11.1 Å². The fraction of sp³-hybridized carbons (Fsp3) is 0.846. The van der Waals surface area contributed by atoms with Gasteiger partial charge in [-0.05, 0) is 50.9 Å². The van der Waals surface area contributed by atoms with E-state index in [4.69, 9.17) is 11.6 Å². The maximum absolute atomic E-state index is 5.69. The van der Waals surface area contributed by atoms with Gasteiger partial charge in [-0.3, -0.25) is 4.90 Å². The molecule has 3 heteroatoms. The molecule has 1 aliphatic heterocycles. The summed E-state index contributed by atoms with van der Waals surface area (Å²) in [6.07, 6.45) is 2.63. The maximum Gasteiger partial charge on any atom is 0.0201 e. The molecule has 1 aliphatic rings. The Morgan fingerprint density at radius 3 is 2.56 bits per heavy atom. The van der Waals surface area contributed by atoms with E-state index in [-0.39, 0.29) is 0 Å². The van der Waals surface area contributed by atoms with Crippen molar-refractivity contribution in [2.75, 3.05) is 26.2 Å². The van der Waals surface area contributed by atoms with E-state index < -0.39 is 0 Å². The molecule has 0 aliphatic carbocycles. The second-order valence-electron chi connectivity index (χ2n) is 5.24. The molecule has 1 rings (SSSR count). The first-order valence-electron chi connectivity index (χ1n) is 6.33. The molecular weight excluding hydrogens is 220 g/mol. The van der Waals surface area contributed by atoms with E-state index in [0.717, 1.165) is 12.5 Å². The Morgan fingerprint density at radius 2 is 2.06 bits per heavy atom.